The van der Waals surface area contributed by atoms with Crippen LogP contribution < -0.4 is 4.57 Å². The first-order chi connectivity index (χ1) is 6.29. The summed E-state index contributed by atoms with van der Waals surface area (Å²) >= 11 is 0. The highest BCUT2D eigenvalue weighted by atomic mass is 15.2. The molecular weight excluding hydrogens is 160 g/mol. The van der Waals surface area contributed by atoms with Crippen LogP contribution in [0.4, 0.5) is 0 Å². The summed E-state index contributed by atoms with van der Waals surface area (Å²) in [6.45, 7) is 1.24. The maximum atomic E-state index is 2.44. The Hall–Kier alpha value is -0.890. The summed E-state index contributed by atoms with van der Waals surface area (Å²) in [5.74, 6) is 0. The molecule has 2 heteroatoms. The van der Waals surface area contributed by atoms with E-state index in [1.807, 2.05) is 0 Å². The van der Waals surface area contributed by atoms with E-state index in [4.69, 9.17) is 0 Å². The van der Waals surface area contributed by atoms with Gasteiger partial charge in [-0.05, 0) is 26.4 Å². The van der Waals surface area contributed by atoms with E-state index in [0.717, 1.165) is 0 Å². The molecule has 0 aliphatic carbocycles. The molecule has 1 saturated heterocycles. The van der Waals surface area contributed by atoms with E-state index in [0.29, 0.717) is 6.04 Å². The smallest absolute Gasteiger partial charge is 0.198 e. The van der Waals surface area contributed by atoms with E-state index in [2.05, 4.69) is 48.0 Å². The Morgan fingerprint density at radius 2 is 2.31 bits per heavy atom. The number of hydrogen-bond acceptors (Lipinski definition) is 1. The minimum atomic E-state index is 0.631. The Morgan fingerprint density at radius 1 is 1.46 bits per heavy atom. The van der Waals surface area contributed by atoms with E-state index < -0.39 is 0 Å². The third-order valence-corrected chi connectivity index (χ3v) is 2.96. The molecule has 0 N–H and O–H groups in total. The molecular formula is C11H17N2+. The van der Waals surface area contributed by atoms with Crippen LogP contribution in [0.5, 0.6) is 0 Å². The van der Waals surface area contributed by atoms with Crippen molar-refractivity contribution in [1.29, 1.82) is 0 Å². The Kier molecular flexibility index (Phi) is 2.32. The Labute approximate surface area is 79.8 Å². The third-order valence-electron chi connectivity index (χ3n) is 2.96. The zero-order valence-corrected chi connectivity index (χ0v) is 8.40. The van der Waals surface area contributed by atoms with E-state index in [1.165, 1.54) is 25.1 Å². The molecule has 1 aliphatic heterocycles. The summed E-state index contributed by atoms with van der Waals surface area (Å²) in [7, 11) is 4.34. The van der Waals surface area contributed by atoms with Crippen LogP contribution in [-0.4, -0.2) is 18.5 Å². The lowest BCUT2D eigenvalue weighted by Gasteiger charge is -2.16. The van der Waals surface area contributed by atoms with E-state index in [1.54, 1.807) is 0 Å². The summed E-state index contributed by atoms with van der Waals surface area (Å²) < 4.78 is 2.23. The largest absolute Gasteiger partial charge is 0.294 e. The van der Waals surface area contributed by atoms with Crippen molar-refractivity contribution in [2.45, 2.75) is 18.9 Å². The first-order valence-corrected chi connectivity index (χ1v) is 4.94. The van der Waals surface area contributed by atoms with Gasteiger partial charge in [0.25, 0.3) is 0 Å². The van der Waals surface area contributed by atoms with Gasteiger partial charge in [-0.15, -0.1) is 0 Å². The number of nitrogens with zero attached hydrogens (tertiary/aromatic N) is 2. The number of aromatic nitrogens is 1. The third kappa shape index (κ3) is 1.59. The highest BCUT2D eigenvalue weighted by Gasteiger charge is 2.28. The molecule has 1 fully saturated rings. The summed E-state index contributed by atoms with van der Waals surface area (Å²) in [6, 6.07) is 7.07. The molecule has 1 unspecified atom stereocenters. The summed E-state index contributed by atoms with van der Waals surface area (Å²) in [5, 5.41) is 0. The van der Waals surface area contributed by atoms with Gasteiger partial charge < -0.3 is 0 Å². The van der Waals surface area contributed by atoms with Gasteiger partial charge in [-0.3, -0.25) is 4.90 Å². The number of rotatable bonds is 1. The standard InChI is InChI=1S/C11H17N2/c1-12-8-4-3-6-10(12)11-7-5-9-13(11)2/h3-4,6,8,11H,5,7,9H2,1-2H3/q+1. The molecule has 1 aromatic rings. The fraction of sp³-hybridized carbons (Fsp3) is 0.545. The van der Waals surface area contributed by atoms with Crippen LogP contribution in [0.25, 0.3) is 0 Å². The highest BCUT2D eigenvalue weighted by Crippen LogP contribution is 2.27. The van der Waals surface area contributed by atoms with Gasteiger partial charge in [0.2, 0.25) is 0 Å². The first kappa shape index (κ1) is 8.70. The normalized spacial score (nSPS) is 23.7. The summed E-state index contributed by atoms with van der Waals surface area (Å²) in [4.78, 5) is 2.44. The Morgan fingerprint density at radius 3 is 2.92 bits per heavy atom. The molecule has 1 atom stereocenters. The summed E-state index contributed by atoms with van der Waals surface area (Å²) in [5.41, 5.74) is 1.43. The van der Waals surface area contributed by atoms with Crippen LogP contribution in [-0.2, 0) is 7.05 Å². The molecule has 0 bridgehead atoms. The zero-order valence-electron chi connectivity index (χ0n) is 8.40. The summed E-state index contributed by atoms with van der Waals surface area (Å²) in [6.07, 6.45) is 4.76. The van der Waals surface area contributed by atoms with Gasteiger partial charge in [-0.1, -0.05) is 6.07 Å². The van der Waals surface area contributed by atoms with Crippen molar-refractivity contribution in [3.63, 3.8) is 0 Å². The molecule has 2 rings (SSSR count). The average molecular weight is 177 g/mol. The number of pyridine rings is 1. The van der Waals surface area contributed by atoms with Crippen molar-refractivity contribution >= 4 is 0 Å². The van der Waals surface area contributed by atoms with Gasteiger partial charge in [0.1, 0.15) is 7.05 Å². The first-order valence-electron chi connectivity index (χ1n) is 4.94. The molecule has 2 nitrogen and oxygen atoms in total. The van der Waals surface area contributed by atoms with Crippen LogP contribution >= 0.6 is 0 Å². The monoisotopic (exact) mass is 177 g/mol. The SMILES string of the molecule is CN1CCCC1c1cccc[n+]1C. The van der Waals surface area contributed by atoms with Crippen LogP contribution in [0.2, 0.25) is 0 Å². The van der Waals surface area contributed by atoms with Crippen molar-refractivity contribution in [1.82, 2.24) is 4.90 Å². The lowest BCUT2D eigenvalue weighted by Crippen LogP contribution is -2.37. The average Bonchev–Trinajstić information content (AvgIpc) is 2.52. The van der Waals surface area contributed by atoms with E-state index in [9.17, 15) is 0 Å². The molecule has 0 aromatic carbocycles. The van der Waals surface area contributed by atoms with Gasteiger partial charge >= 0.3 is 0 Å². The minimum Gasteiger partial charge on any atom is -0.294 e. The maximum absolute atomic E-state index is 2.44. The maximum Gasteiger partial charge on any atom is 0.198 e. The predicted octanol–water partition coefficient (Wildman–Crippen LogP) is 1.28. The second kappa shape index (κ2) is 3.46. The molecule has 2 heterocycles. The highest BCUT2D eigenvalue weighted by molar-refractivity contribution is 5.04. The van der Waals surface area contributed by atoms with E-state index in [-0.39, 0.29) is 0 Å². The molecule has 1 aromatic heterocycles. The zero-order chi connectivity index (χ0) is 9.26. The predicted molar refractivity (Wildman–Crippen MR) is 52.2 cm³/mol. The molecule has 0 amide bonds. The van der Waals surface area contributed by atoms with Gasteiger partial charge in [0.15, 0.2) is 11.9 Å². The Balaban J connectivity index is 2.29. The van der Waals surface area contributed by atoms with Crippen molar-refractivity contribution in [3.05, 3.63) is 30.1 Å². The number of hydrogen-bond donors (Lipinski definition) is 0. The molecule has 0 saturated carbocycles. The van der Waals surface area contributed by atoms with Crippen LogP contribution in [0, 0.1) is 0 Å². The second-order valence-electron chi connectivity index (χ2n) is 3.88. The lowest BCUT2D eigenvalue weighted by molar-refractivity contribution is -0.681. The van der Waals surface area contributed by atoms with Gasteiger partial charge in [0, 0.05) is 12.1 Å². The lowest BCUT2D eigenvalue weighted by atomic mass is 10.1. The second-order valence-corrected chi connectivity index (χ2v) is 3.88. The topological polar surface area (TPSA) is 7.12 Å². The number of likely N-dealkylation sites (tertiary alicyclic amines) is 1. The fourth-order valence-corrected chi connectivity index (χ4v) is 2.17. The van der Waals surface area contributed by atoms with E-state index >= 15 is 0 Å². The van der Waals surface area contributed by atoms with Gasteiger partial charge in [0.05, 0.1) is 6.04 Å². The van der Waals surface area contributed by atoms with Crippen LogP contribution in [0.3, 0.4) is 0 Å². The van der Waals surface area contributed by atoms with Crippen molar-refractivity contribution in [2.24, 2.45) is 7.05 Å². The molecule has 0 spiro atoms. The molecule has 1 aliphatic rings. The quantitative estimate of drug-likeness (QED) is 0.586. The van der Waals surface area contributed by atoms with Crippen LogP contribution in [0.1, 0.15) is 24.6 Å². The van der Waals surface area contributed by atoms with Crippen LogP contribution in [0.15, 0.2) is 24.4 Å². The van der Waals surface area contributed by atoms with Crippen molar-refractivity contribution in [3.8, 4) is 0 Å². The minimum absolute atomic E-state index is 0.631. The molecule has 70 valence electrons. The molecule has 13 heavy (non-hydrogen) atoms. The fourth-order valence-electron chi connectivity index (χ4n) is 2.17. The van der Waals surface area contributed by atoms with Gasteiger partial charge in [-0.2, -0.15) is 0 Å². The molecule has 0 radical (unpaired) electrons. The van der Waals surface area contributed by atoms with Crippen molar-refractivity contribution < 1.29 is 4.57 Å². The van der Waals surface area contributed by atoms with Crippen molar-refractivity contribution in [2.75, 3.05) is 13.6 Å². The number of aryl methyl sites for hydroxylation is 1. The Bertz CT molecular complexity index is 296. The van der Waals surface area contributed by atoms with Gasteiger partial charge in [-0.25, -0.2) is 4.57 Å².